The third-order valence-electron chi connectivity index (χ3n) is 3.95. The molecule has 1 N–H and O–H groups in total. The van der Waals surface area contributed by atoms with Crippen molar-refractivity contribution in [1.29, 1.82) is 0 Å². The molecule has 3 aromatic rings. The Balaban J connectivity index is 0.00000243. The summed E-state index contributed by atoms with van der Waals surface area (Å²) in [6.07, 6.45) is 2.73. The number of benzene rings is 1. The molecular formula is C18H22ClIN6. The summed E-state index contributed by atoms with van der Waals surface area (Å²) in [5.74, 6) is 1.74. The minimum atomic E-state index is 0. The van der Waals surface area contributed by atoms with Gasteiger partial charge in [0, 0.05) is 44.8 Å². The first-order valence-corrected chi connectivity index (χ1v) is 8.50. The number of guanidine groups is 1. The Bertz CT molecular complexity index is 879. The Morgan fingerprint density at radius 1 is 1.19 bits per heavy atom. The molecule has 0 aliphatic rings. The molecule has 2 heterocycles. The summed E-state index contributed by atoms with van der Waals surface area (Å²) in [5, 5.41) is 12.5. The van der Waals surface area contributed by atoms with Crippen molar-refractivity contribution in [3.05, 3.63) is 65.1 Å². The standard InChI is InChI=1S/C18H21ClN6.HI/c1-20-18(24(2)13-14-7-3-4-8-15(14)19)21-11-10-17-23-22-16-9-5-6-12-25(16)17;/h3-9,12H,10-11,13H2,1-2H3,(H,20,21);1H. The van der Waals surface area contributed by atoms with Crippen LogP contribution in [0.1, 0.15) is 11.4 Å². The molecule has 2 aromatic heterocycles. The Labute approximate surface area is 175 Å². The maximum atomic E-state index is 6.24. The van der Waals surface area contributed by atoms with Crippen LogP contribution in [-0.4, -0.2) is 46.1 Å². The Morgan fingerprint density at radius 2 is 1.96 bits per heavy atom. The van der Waals surface area contributed by atoms with Crippen molar-refractivity contribution in [3.8, 4) is 0 Å². The van der Waals surface area contributed by atoms with E-state index in [0.717, 1.165) is 41.0 Å². The molecule has 26 heavy (non-hydrogen) atoms. The lowest BCUT2D eigenvalue weighted by atomic mass is 10.2. The number of nitrogens with zero attached hydrogens (tertiary/aromatic N) is 5. The van der Waals surface area contributed by atoms with Gasteiger partial charge in [-0.25, -0.2) is 0 Å². The van der Waals surface area contributed by atoms with E-state index in [-0.39, 0.29) is 24.0 Å². The van der Waals surface area contributed by atoms with Gasteiger partial charge < -0.3 is 10.2 Å². The van der Waals surface area contributed by atoms with Gasteiger partial charge in [-0.1, -0.05) is 35.9 Å². The summed E-state index contributed by atoms with van der Waals surface area (Å²) in [5.41, 5.74) is 1.93. The van der Waals surface area contributed by atoms with E-state index in [1.165, 1.54) is 0 Å². The Morgan fingerprint density at radius 3 is 2.73 bits per heavy atom. The van der Waals surface area contributed by atoms with Gasteiger partial charge in [0.15, 0.2) is 11.6 Å². The molecule has 0 bridgehead atoms. The normalized spacial score (nSPS) is 11.3. The van der Waals surface area contributed by atoms with Crippen LogP contribution in [0.25, 0.3) is 5.65 Å². The summed E-state index contributed by atoms with van der Waals surface area (Å²) in [6.45, 7) is 1.41. The molecule has 0 saturated heterocycles. The molecular weight excluding hydrogens is 463 g/mol. The van der Waals surface area contributed by atoms with Gasteiger partial charge in [0.1, 0.15) is 5.82 Å². The van der Waals surface area contributed by atoms with Crippen LogP contribution in [0.3, 0.4) is 0 Å². The number of hydrogen-bond donors (Lipinski definition) is 1. The highest BCUT2D eigenvalue weighted by atomic mass is 127. The molecule has 0 fully saturated rings. The average Bonchev–Trinajstić information content (AvgIpc) is 3.04. The zero-order valence-corrected chi connectivity index (χ0v) is 17.8. The largest absolute Gasteiger partial charge is 0.356 e. The lowest BCUT2D eigenvalue weighted by molar-refractivity contribution is 0.477. The molecule has 6 nitrogen and oxygen atoms in total. The lowest BCUT2D eigenvalue weighted by Gasteiger charge is -2.22. The summed E-state index contributed by atoms with van der Waals surface area (Å²) in [7, 11) is 3.77. The molecule has 0 amide bonds. The summed E-state index contributed by atoms with van der Waals surface area (Å²) >= 11 is 6.24. The van der Waals surface area contributed by atoms with Gasteiger partial charge in [0.2, 0.25) is 0 Å². The van der Waals surface area contributed by atoms with E-state index in [1.807, 2.05) is 65.0 Å². The van der Waals surface area contributed by atoms with Crippen LogP contribution in [0.2, 0.25) is 5.02 Å². The van der Waals surface area contributed by atoms with Crippen molar-refractivity contribution in [2.24, 2.45) is 4.99 Å². The Kier molecular flexibility index (Phi) is 7.65. The predicted octanol–water partition coefficient (Wildman–Crippen LogP) is 3.25. The third-order valence-corrected chi connectivity index (χ3v) is 4.32. The second-order valence-corrected chi connectivity index (χ2v) is 6.12. The van der Waals surface area contributed by atoms with Crippen LogP contribution in [-0.2, 0) is 13.0 Å². The van der Waals surface area contributed by atoms with Gasteiger partial charge in [0.05, 0.1) is 0 Å². The van der Waals surface area contributed by atoms with Crippen LogP contribution >= 0.6 is 35.6 Å². The lowest BCUT2D eigenvalue weighted by Crippen LogP contribution is -2.39. The van der Waals surface area contributed by atoms with Gasteiger partial charge >= 0.3 is 0 Å². The number of pyridine rings is 1. The van der Waals surface area contributed by atoms with Gasteiger partial charge in [0.25, 0.3) is 0 Å². The molecule has 0 aliphatic heterocycles. The van der Waals surface area contributed by atoms with Crippen molar-refractivity contribution in [3.63, 3.8) is 0 Å². The minimum absolute atomic E-state index is 0. The molecule has 138 valence electrons. The van der Waals surface area contributed by atoms with Crippen molar-refractivity contribution in [2.45, 2.75) is 13.0 Å². The highest BCUT2D eigenvalue weighted by Gasteiger charge is 2.09. The summed E-state index contributed by atoms with van der Waals surface area (Å²) < 4.78 is 2.00. The highest BCUT2D eigenvalue weighted by Crippen LogP contribution is 2.16. The maximum absolute atomic E-state index is 6.24. The minimum Gasteiger partial charge on any atom is -0.356 e. The first-order valence-electron chi connectivity index (χ1n) is 8.13. The summed E-state index contributed by atoms with van der Waals surface area (Å²) in [6, 6.07) is 13.7. The fourth-order valence-electron chi connectivity index (χ4n) is 2.69. The number of aromatic nitrogens is 3. The van der Waals surface area contributed by atoms with E-state index < -0.39 is 0 Å². The zero-order chi connectivity index (χ0) is 17.6. The number of rotatable bonds is 5. The predicted molar refractivity (Wildman–Crippen MR) is 116 cm³/mol. The number of aliphatic imine (C=N–C) groups is 1. The van der Waals surface area contributed by atoms with E-state index in [2.05, 4.69) is 20.5 Å². The molecule has 8 heteroatoms. The fourth-order valence-corrected chi connectivity index (χ4v) is 2.88. The van der Waals surface area contributed by atoms with Crippen LogP contribution in [0.5, 0.6) is 0 Å². The number of hydrogen-bond acceptors (Lipinski definition) is 3. The van der Waals surface area contributed by atoms with Crippen molar-refractivity contribution in [2.75, 3.05) is 20.6 Å². The first-order chi connectivity index (χ1) is 12.2. The molecule has 0 unspecified atom stereocenters. The van der Waals surface area contributed by atoms with Crippen molar-refractivity contribution in [1.82, 2.24) is 24.8 Å². The van der Waals surface area contributed by atoms with E-state index in [9.17, 15) is 0 Å². The molecule has 0 saturated carbocycles. The average molecular weight is 485 g/mol. The topological polar surface area (TPSA) is 57.8 Å². The van der Waals surface area contributed by atoms with Gasteiger partial charge in [-0.3, -0.25) is 9.39 Å². The van der Waals surface area contributed by atoms with Crippen LogP contribution in [0.4, 0.5) is 0 Å². The SMILES string of the molecule is CN=C(NCCc1nnc2ccccn12)N(C)Cc1ccccc1Cl.I. The quantitative estimate of drug-likeness (QED) is 0.343. The van der Waals surface area contributed by atoms with E-state index >= 15 is 0 Å². The molecule has 3 rings (SSSR count). The molecule has 1 aromatic carbocycles. The van der Waals surface area contributed by atoms with Crippen molar-refractivity contribution >= 4 is 47.2 Å². The van der Waals surface area contributed by atoms with Crippen molar-refractivity contribution < 1.29 is 0 Å². The van der Waals surface area contributed by atoms with Gasteiger partial charge in [-0.2, -0.15) is 0 Å². The fraction of sp³-hybridized carbons (Fsp3) is 0.278. The van der Waals surface area contributed by atoms with Crippen LogP contribution in [0.15, 0.2) is 53.7 Å². The number of nitrogens with one attached hydrogen (secondary N) is 1. The molecule has 0 spiro atoms. The second-order valence-electron chi connectivity index (χ2n) is 5.72. The monoisotopic (exact) mass is 484 g/mol. The second kappa shape index (κ2) is 9.72. The number of halogens is 2. The summed E-state index contributed by atoms with van der Waals surface area (Å²) in [4.78, 5) is 6.39. The van der Waals surface area contributed by atoms with Gasteiger partial charge in [-0.15, -0.1) is 34.2 Å². The third kappa shape index (κ3) is 4.85. The van der Waals surface area contributed by atoms with E-state index in [1.54, 1.807) is 7.05 Å². The van der Waals surface area contributed by atoms with Gasteiger partial charge in [-0.05, 0) is 23.8 Å². The first kappa shape index (κ1) is 20.4. The zero-order valence-electron chi connectivity index (χ0n) is 14.8. The molecule has 0 aliphatic carbocycles. The van der Waals surface area contributed by atoms with E-state index in [0.29, 0.717) is 6.54 Å². The van der Waals surface area contributed by atoms with Crippen LogP contribution < -0.4 is 5.32 Å². The van der Waals surface area contributed by atoms with Crippen LogP contribution in [0, 0.1) is 0 Å². The smallest absolute Gasteiger partial charge is 0.193 e. The molecule has 0 atom stereocenters. The number of fused-ring (bicyclic) bond motifs is 1. The molecule has 0 radical (unpaired) electrons. The Hall–Kier alpha value is -1.87. The van der Waals surface area contributed by atoms with E-state index in [4.69, 9.17) is 11.6 Å². The maximum Gasteiger partial charge on any atom is 0.193 e. The highest BCUT2D eigenvalue weighted by molar-refractivity contribution is 14.0.